The van der Waals surface area contributed by atoms with E-state index in [2.05, 4.69) is 81.5 Å². The number of carbonyl (C=O) groups is 3. The summed E-state index contributed by atoms with van der Waals surface area (Å²) in [5.74, 6) is -0.918. The average molecular weight is 811 g/mol. The van der Waals surface area contributed by atoms with Crippen LogP contribution in [0.1, 0.15) is 233 Å². The summed E-state index contributed by atoms with van der Waals surface area (Å²) in [5.41, 5.74) is 0. The molecule has 0 aromatic carbocycles. The molecule has 0 heterocycles. The van der Waals surface area contributed by atoms with Gasteiger partial charge in [0.15, 0.2) is 6.10 Å². The van der Waals surface area contributed by atoms with Crippen LogP contribution in [0.15, 0.2) is 60.8 Å². The van der Waals surface area contributed by atoms with E-state index in [9.17, 15) is 14.4 Å². The van der Waals surface area contributed by atoms with Crippen LogP contribution in [0.2, 0.25) is 0 Å². The second kappa shape index (κ2) is 46.8. The summed E-state index contributed by atoms with van der Waals surface area (Å²) in [5, 5.41) is 0. The van der Waals surface area contributed by atoms with Crippen molar-refractivity contribution in [1.82, 2.24) is 0 Å². The van der Waals surface area contributed by atoms with E-state index in [1.54, 1.807) is 0 Å². The van der Waals surface area contributed by atoms with Gasteiger partial charge in [-0.15, -0.1) is 0 Å². The Balaban J connectivity index is 4.40. The van der Waals surface area contributed by atoms with Crippen LogP contribution in [0.5, 0.6) is 0 Å². The van der Waals surface area contributed by atoms with Crippen molar-refractivity contribution in [2.24, 2.45) is 0 Å². The normalized spacial score (nSPS) is 12.5. The number of hydrogen-bond acceptors (Lipinski definition) is 6. The highest BCUT2D eigenvalue weighted by atomic mass is 16.6. The van der Waals surface area contributed by atoms with Crippen LogP contribution in [0.3, 0.4) is 0 Å². The summed E-state index contributed by atoms with van der Waals surface area (Å²) in [7, 11) is 0. The Labute approximate surface area is 358 Å². The molecule has 0 bridgehead atoms. The third kappa shape index (κ3) is 44.2. The van der Waals surface area contributed by atoms with E-state index in [-0.39, 0.29) is 31.1 Å². The lowest BCUT2D eigenvalue weighted by Gasteiger charge is -2.18. The summed E-state index contributed by atoms with van der Waals surface area (Å²) in [4.78, 5) is 37.8. The molecule has 1 atom stereocenters. The molecule has 0 saturated carbocycles. The smallest absolute Gasteiger partial charge is 0.306 e. The Morgan fingerprint density at radius 1 is 0.362 bits per heavy atom. The minimum Gasteiger partial charge on any atom is -0.462 e. The first-order valence-electron chi connectivity index (χ1n) is 24.3. The quantitative estimate of drug-likeness (QED) is 0.0264. The molecule has 0 aromatic rings. The number of ether oxygens (including phenoxy) is 3. The van der Waals surface area contributed by atoms with Crippen LogP contribution in [0.25, 0.3) is 0 Å². The summed E-state index contributed by atoms with van der Waals surface area (Å²) < 4.78 is 16.7. The van der Waals surface area contributed by atoms with E-state index in [0.717, 1.165) is 103 Å². The third-order valence-electron chi connectivity index (χ3n) is 10.3. The van der Waals surface area contributed by atoms with E-state index >= 15 is 0 Å². The molecule has 1 unspecified atom stereocenters. The highest BCUT2D eigenvalue weighted by molar-refractivity contribution is 5.71. The van der Waals surface area contributed by atoms with Crippen LogP contribution in [-0.4, -0.2) is 37.2 Å². The number of rotatable bonds is 43. The standard InChI is InChI=1S/C52H90O6/c1-4-7-10-13-16-19-22-24-25-26-27-28-31-33-36-39-42-45-51(54)57-48-49(47-56-50(53)44-41-38-35-32-29-21-18-15-12-9-6-3)58-52(55)46-43-40-37-34-30-23-20-17-14-11-8-5-2/h7,10,15-16,18-19,24-25,27-28,49H,4-6,8-9,11-14,17,20-23,26,29-48H2,1-3H3/b10-7-,18-15-,19-16-,25-24-,28-27-. The van der Waals surface area contributed by atoms with Gasteiger partial charge in [0.05, 0.1) is 0 Å². The largest absolute Gasteiger partial charge is 0.462 e. The second-order valence-electron chi connectivity index (χ2n) is 16.0. The van der Waals surface area contributed by atoms with Gasteiger partial charge >= 0.3 is 17.9 Å². The van der Waals surface area contributed by atoms with Crippen molar-refractivity contribution >= 4 is 17.9 Å². The Kier molecular flexibility index (Phi) is 44.5. The number of carbonyl (C=O) groups excluding carboxylic acids is 3. The van der Waals surface area contributed by atoms with Gasteiger partial charge in [-0.25, -0.2) is 0 Å². The van der Waals surface area contributed by atoms with E-state index in [1.807, 2.05) is 0 Å². The lowest BCUT2D eigenvalue weighted by atomic mass is 10.0. The molecule has 0 aromatic heterocycles. The van der Waals surface area contributed by atoms with Gasteiger partial charge in [-0.2, -0.15) is 0 Å². The zero-order valence-electron chi connectivity index (χ0n) is 38.0. The van der Waals surface area contributed by atoms with Crippen molar-refractivity contribution < 1.29 is 28.6 Å². The van der Waals surface area contributed by atoms with E-state index < -0.39 is 6.10 Å². The average Bonchev–Trinajstić information content (AvgIpc) is 3.22. The first-order chi connectivity index (χ1) is 28.5. The Morgan fingerprint density at radius 2 is 0.690 bits per heavy atom. The lowest BCUT2D eigenvalue weighted by Crippen LogP contribution is -2.30. The summed E-state index contributed by atoms with van der Waals surface area (Å²) in [6.45, 7) is 6.45. The molecular weight excluding hydrogens is 721 g/mol. The predicted octanol–water partition coefficient (Wildman–Crippen LogP) is 15.7. The second-order valence-corrected chi connectivity index (χ2v) is 16.0. The van der Waals surface area contributed by atoms with Gasteiger partial charge in [-0.05, 0) is 77.0 Å². The van der Waals surface area contributed by atoms with Crippen LogP contribution in [0.4, 0.5) is 0 Å². The van der Waals surface area contributed by atoms with Crippen molar-refractivity contribution in [3.8, 4) is 0 Å². The molecule has 0 amide bonds. The Hall–Kier alpha value is -2.89. The van der Waals surface area contributed by atoms with E-state index in [4.69, 9.17) is 14.2 Å². The van der Waals surface area contributed by atoms with Gasteiger partial charge in [0, 0.05) is 19.3 Å². The highest BCUT2D eigenvalue weighted by Crippen LogP contribution is 2.14. The van der Waals surface area contributed by atoms with Crippen LogP contribution >= 0.6 is 0 Å². The minimum absolute atomic E-state index is 0.0854. The van der Waals surface area contributed by atoms with Gasteiger partial charge < -0.3 is 14.2 Å². The maximum absolute atomic E-state index is 12.7. The molecular formula is C52H90O6. The first-order valence-corrected chi connectivity index (χ1v) is 24.3. The fraction of sp³-hybridized carbons (Fsp3) is 0.750. The zero-order valence-corrected chi connectivity index (χ0v) is 38.0. The summed E-state index contributed by atoms with van der Waals surface area (Å²) >= 11 is 0. The number of allylic oxidation sites excluding steroid dienone is 10. The van der Waals surface area contributed by atoms with Gasteiger partial charge in [-0.1, -0.05) is 197 Å². The number of esters is 3. The van der Waals surface area contributed by atoms with E-state index in [0.29, 0.717) is 19.3 Å². The molecule has 0 spiro atoms. The molecule has 0 aliphatic rings. The van der Waals surface area contributed by atoms with Crippen molar-refractivity contribution in [3.63, 3.8) is 0 Å². The molecule has 6 nitrogen and oxygen atoms in total. The Bertz CT molecular complexity index is 1070. The fourth-order valence-electron chi connectivity index (χ4n) is 6.59. The molecule has 6 heteroatoms. The van der Waals surface area contributed by atoms with E-state index in [1.165, 1.54) is 89.9 Å². The van der Waals surface area contributed by atoms with Crippen molar-refractivity contribution in [1.29, 1.82) is 0 Å². The monoisotopic (exact) mass is 811 g/mol. The van der Waals surface area contributed by atoms with Gasteiger partial charge in [-0.3, -0.25) is 14.4 Å². The Morgan fingerprint density at radius 3 is 1.12 bits per heavy atom. The lowest BCUT2D eigenvalue weighted by molar-refractivity contribution is -0.167. The van der Waals surface area contributed by atoms with Crippen molar-refractivity contribution in [2.75, 3.05) is 13.2 Å². The number of unbranched alkanes of at least 4 members (excludes halogenated alkanes) is 22. The maximum Gasteiger partial charge on any atom is 0.306 e. The van der Waals surface area contributed by atoms with Crippen molar-refractivity contribution in [2.45, 2.75) is 239 Å². The zero-order chi connectivity index (χ0) is 42.3. The molecule has 0 aliphatic heterocycles. The summed E-state index contributed by atoms with van der Waals surface area (Å²) in [6, 6.07) is 0. The van der Waals surface area contributed by atoms with Crippen LogP contribution in [0, 0.1) is 0 Å². The third-order valence-corrected chi connectivity index (χ3v) is 10.3. The molecule has 0 N–H and O–H groups in total. The number of hydrogen-bond donors (Lipinski definition) is 0. The maximum atomic E-state index is 12.7. The van der Waals surface area contributed by atoms with Gasteiger partial charge in [0.2, 0.25) is 0 Å². The van der Waals surface area contributed by atoms with Crippen molar-refractivity contribution in [3.05, 3.63) is 60.8 Å². The predicted molar refractivity (Wildman–Crippen MR) is 247 cm³/mol. The molecule has 0 rings (SSSR count). The van der Waals surface area contributed by atoms with Gasteiger partial charge in [0.25, 0.3) is 0 Å². The fourth-order valence-corrected chi connectivity index (χ4v) is 6.59. The molecule has 0 radical (unpaired) electrons. The van der Waals surface area contributed by atoms with Crippen LogP contribution < -0.4 is 0 Å². The summed E-state index contributed by atoms with van der Waals surface area (Å²) in [6.07, 6.45) is 56.3. The van der Waals surface area contributed by atoms with Crippen LogP contribution in [-0.2, 0) is 28.6 Å². The SMILES string of the molecule is CC/C=C\C/C=C\C/C=C\C/C=C\CCCCCCC(=O)OCC(COC(=O)CCCCCCC/C=C\CCCC)OC(=O)CCCCCCCCCCCCCC. The van der Waals surface area contributed by atoms with Gasteiger partial charge in [0.1, 0.15) is 13.2 Å². The highest BCUT2D eigenvalue weighted by Gasteiger charge is 2.19. The molecule has 0 aliphatic carbocycles. The molecule has 0 saturated heterocycles. The first kappa shape index (κ1) is 55.1. The molecule has 334 valence electrons. The topological polar surface area (TPSA) is 78.9 Å². The molecule has 0 fully saturated rings. The molecule has 58 heavy (non-hydrogen) atoms. The minimum atomic E-state index is -0.783.